The first-order valence-corrected chi connectivity index (χ1v) is 5.68. The molecule has 0 aliphatic carbocycles. The number of rotatable bonds is 6. The van der Waals surface area contributed by atoms with Crippen molar-refractivity contribution in [3.8, 4) is 12.3 Å². The van der Waals surface area contributed by atoms with Crippen LogP contribution in [0, 0.1) is 12.3 Å². The Bertz CT molecular complexity index is 489. The SMILES string of the molecule is C#CCN(CC(=O)O)C(=O)NCCc1nccn1C. The molecule has 0 spiro atoms. The Hall–Kier alpha value is -2.49. The van der Waals surface area contributed by atoms with Crippen LogP contribution < -0.4 is 5.32 Å². The van der Waals surface area contributed by atoms with Gasteiger partial charge in [-0.1, -0.05) is 5.92 Å². The van der Waals surface area contributed by atoms with Gasteiger partial charge in [-0.15, -0.1) is 6.42 Å². The van der Waals surface area contributed by atoms with Gasteiger partial charge in [0.1, 0.15) is 12.4 Å². The van der Waals surface area contributed by atoms with Gasteiger partial charge in [0.05, 0.1) is 6.54 Å². The van der Waals surface area contributed by atoms with E-state index in [1.807, 2.05) is 17.8 Å². The number of hydrogen-bond donors (Lipinski definition) is 2. The predicted octanol–water partition coefficient (Wildman–Crippen LogP) is -0.308. The Morgan fingerprint density at radius 1 is 1.63 bits per heavy atom. The lowest BCUT2D eigenvalue weighted by atomic mass is 10.4. The first kappa shape index (κ1) is 14.6. The molecule has 2 N–H and O–H groups in total. The van der Waals surface area contributed by atoms with Crippen molar-refractivity contribution in [1.29, 1.82) is 0 Å². The Labute approximate surface area is 111 Å². The maximum atomic E-state index is 11.7. The number of aromatic nitrogens is 2. The molecule has 102 valence electrons. The van der Waals surface area contributed by atoms with Gasteiger partial charge in [-0.2, -0.15) is 0 Å². The van der Waals surface area contributed by atoms with Crippen LogP contribution in [-0.2, 0) is 18.3 Å². The van der Waals surface area contributed by atoms with Crippen molar-refractivity contribution in [2.24, 2.45) is 7.05 Å². The molecule has 0 saturated heterocycles. The second kappa shape index (κ2) is 7.06. The third kappa shape index (κ3) is 4.71. The number of nitrogens with zero attached hydrogens (tertiary/aromatic N) is 3. The van der Waals surface area contributed by atoms with E-state index in [1.165, 1.54) is 0 Å². The highest BCUT2D eigenvalue weighted by Crippen LogP contribution is 1.95. The minimum atomic E-state index is -1.10. The zero-order valence-corrected chi connectivity index (χ0v) is 10.7. The maximum absolute atomic E-state index is 11.7. The second-order valence-electron chi connectivity index (χ2n) is 3.89. The number of carboxylic acid groups (broad SMARTS) is 1. The number of carbonyl (C=O) groups is 2. The topological polar surface area (TPSA) is 87.5 Å². The van der Waals surface area contributed by atoms with Crippen molar-refractivity contribution in [2.45, 2.75) is 6.42 Å². The summed E-state index contributed by atoms with van der Waals surface area (Å²) in [5, 5.41) is 11.3. The Kier molecular flexibility index (Phi) is 5.41. The number of nitrogens with one attached hydrogen (secondary N) is 1. The van der Waals surface area contributed by atoms with E-state index in [9.17, 15) is 9.59 Å². The molecule has 0 aliphatic rings. The fourth-order valence-electron chi connectivity index (χ4n) is 1.50. The van der Waals surface area contributed by atoms with Crippen LogP contribution in [-0.4, -0.2) is 51.2 Å². The number of aryl methyl sites for hydroxylation is 1. The normalized spacial score (nSPS) is 9.68. The average molecular weight is 264 g/mol. The minimum absolute atomic E-state index is 0.0411. The molecule has 1 aromatic rings. The molecule has 0 saturated carbocycles. The van der Waals surface area contributed by atoms with Crippen molar-refractivity contribution >= 4 is 12.0 Å². The van der Waals surface area contributed by atoms with Gasteiger partial charge in [-0.05, 0) is 0 Å². The first-order chi connectivity index (χ1) is 9.04. The van der Waals surface area contributed by atoms with E-state index in [-0.39, 0.29) is 6.54 Å². The van der Waals surface area contributed by atoms with Crippen molar-refractivity contribution in [1.82, 2.24) is 19.8 Å². The van der Waals surface area contributed by atoms with Crippen molar-refractivity contribution in [2.75, 3.05) is 19.6 Å². The summed E-state index contributed by atoms with van der Waals surface area (Å²) in [6, 6.07) is -0.491. The highest BCUT2D eigenvalue weighted by Gasteiger charge is 2.15. The van der Waals surface area contributed by atoms with Gasteiger partial charge in [-0.3, -0.25) is 4.79 Å². The molecule has 19 heavy (non-hydrogen) atoms. The summed E-state index contributed by atoms with van der Waals surface area (Å²) in [6.45, 7) is -0.0939. The van der Waals surface area contributed by atoms with Gasteiger partial charge in [0.2, 0.25) is 0 Å². The molecule has 0 unspecified atom stereocenters. The third-order valence-electron chi connectivity index (χ3n) is 2.44. The number of aliphatic carboxylic acids is 1. The average Bonchev–Trinajstić information content (AvgIpc) is 2.74. The largest absolute Gasteiger partial charge is 0.480 e. The molecule has 0 aromatic carbocycles. The van der Waals surface area contributed by atoms with Crippen LogP contribution in [0.1, 0.15) is 5.82 Å². The van der Waals surface area contributed by atoms with Crippen LogP contribution in [0.15, 0.2) is 12.4 Å². The number of imidazole rings is 1. The molecular formula is C12H16N4O3. The Morgan fingerprint density at radius 3 is 2.89 bits per heavy atom. The lowest BCUT2D eigenvalue weighted by Crippen LogP contribution is -2.43. The third-order valence-corrected chi connectivity index (χ3v) is 2.44. The monoisotopic (exact) mass is 264 g/mol. The Morgan fingerprint density at radius 2 is 2.37 bits per heavy atom. The fraction of sp³-hybridized carbons (Fsp3) is 0.417. The molecule has 0 bridgehead atoms. The summed E-state index contributed by atoms with van der Waals surface area (Å²) in [4.78, 5) is 27.5. The summed E-state index contributed by atoms with van der Waals surface area (Å²) in [6.07, 6.45) is 9.14. The van der Waals surface area contributed by atoms with Crippen LogP contribution in [0.3, 0.4) is 0 Å². The number of terminal acetylenes is 1. The van der Waals surface area contributed by atoms with Gasteiger partial charge in [0, 0.05) is 32.4 Å². The van der Waals surface area contributed by atoms with Gasteiger partial charge in [0.15, 0.2) is 0 Å². The van der Waals surface area contributed by atoms with Crippen LogP contribution >= 0.6 is 0 Å². The van der Waals surface area contributed by atoms with Crippen LogP contribution in [0.2, 0.25) is 0 Å². The standard InChI is InChI=1S/C12H16N4O3/c1-3-7-16(9-11(17)18)12(19)14-5-4-10-13-6-8-15(10)2/h1,6,8H,4-5,7,9H2,2H3,(H,14,19)(H,17,18). The highest BCUT2D eigenvalue weighted by atomic mass is 16.4. The summed E-state index contributed by atoms with van der Waals surface area (Å²) >= 11 is 0. The van der Waals surface area contributed by atoms with E-state index in [4.69, 9.17) is 11.5 Å². The molecule has 2 amide bonds. The summed E-state index contributed by atoms with van der Waals surface area (Å²) in [5.74, 6) is 1.99. The summed E-state index contributed by atoms with van der Waals surface area (Å²) < 4.78 is 1.85. The van der Waals surface area contributed by atoms with Crippen LogP contribution in [0.4, 0.5) is 4.79 Å². The van der Waals surface area contributed by atoms with Crippen LogP contribution in [0.5, 0.6) is 0 Å². The molecule has 1 aromatic heterocycles. The first-order valence-electron chi connectivity index (χ1n) is 5.68. The van der Waals surface area contributed by atoms with Crippen molar-refractivity contribution < 1.29 is 14.7 Å². The van der Waals surface area contributed by atoms with E-state index in [0.717, 1.165) is 10.7 Å². The van der Waals surface area contributed by atoms with Crippen molar-refractivity contribution in [3.05, 3.63) is 18.2 Å². The number of carbonyl (C=O) groups excluding carboxylic acids is 1. The van der Waals surface area contributed by atoms with Gasteiger partial charge in [-0.25, -0.2) is 9.78 Å². The van der Waals surface area contributed by atoms with E-state index >= 15 is 0 Å². The lowest BCUT2D eigenvalue weighted by molar-refractivity contribution is -0.137. The molecule has 7 heteroatoms. The summed E-state index contributed by atoms with van der Waals surface area (Å²) in [7, 11) is 1.86. The van der Waals surface area contributed by atoms with E-state index in [0.29, 0.717) is 13.0 Å². The fourth-order valence-corrected chi connectivity index (χ4v) is 1.50. The van der Waals surface area contributed by atoms with E-state index in [2.05, 4.69) is 16.2 Å². The molecule has 0 aliphatic heterocycles. The van der Waals surface area contributed by atoms with Gasteiger partial charge >= 0.3 is 12.0 Å². The van der Waals surface area contributed by atoms with Crippen LogP contribution in [0.25, 0.3) is 0 Å². The Balaban J connectivity index is 2.42. The predicted molar refractivity (Wildman–Crippen MR) is 68.4 cm³/mol. The maximum Gasteiger partial charge on any atom is 0.323 e. The van der Waals surface area contributed by atoms with Crippen molar-refractivity contribution in [3.63, 3.8) is 0 Å². The zero-order chi connectivity index (χ0) is 14.3. The smallest absolute Gasteiger partial charge is 0.323 e. The van der Waals surface area contributed by atoms with Gasteiger partial charge in [0.25, 0.3) is 0 Å². The molecule has 0 radical (unpaired) electrons. The van der Waals surface area contributed by atoms with Gasteiger partial charge < -0.3 is 19.9 Å². The molecule has 1 rings (SSSR count). The number of carboxylic acids is 1. The summed E-state index contributed by atoms with van der Waals surface area (Å²) in [5.41, 5.74) is 0. The molecule has 0 fully saturated rings. The van der Waals surface area contributed by atoms with E-state index < -0.39 is 18.5 Å². The second-order valence-corrected chi connectivity index (χ2v) is 3.89. The number of amides is 2. The lowest BCUT2D eigenvalue weighted by Gasteiger charge is -2.18. The molecular weight excluding hydrogens is 248 g/mol. The van der Waals surface area contributed by atoms with E-state index in [1.54, 1.807) is 6.20 Å². The number of urea groups is 1. The quantitative estimate of drug-likeness (QED) is 0.690. The molecule has 1 heterocycles. The highest BCUT2D eigenvalue weighted by molar-refractivity contribution is 5.80. The minimum Gasteiger partial charge on any atom is -0.480 e. The molecule has 7 nitrogen and oxygen atoms in total. The zero-order valence-electron chi connectivity index (χ0n) is 10.7. The molecule has 0 atom stereocenters. The number of hydrogen-bond acceptors (Lipinski definition) is 3.